The van der Waals surface area contributed by atoms with Gasteiger partial charge in [0.1, 0.15) is 5.82 Å². The summed E-state index contributed by atoms with van der Waals surface area (Å²) >= 11 is 5.83. The average Bonchev–Trinajstić information content (AvgIpc) is 3.33. The van der Waals surface area contributed by atoms with Crippen molar-refractivity contribution in [2.75, 3.05) is 23.7 Å². The summed E-state index contributed by atoms with van der Waals surface area (Å²) in [6, 6.07) is 17.3. The molecule has 2 heterocycles. The van der Waals surface area contributed by atoms with Crippen molar-refractivity contribution in [3.05, 3.63) is 88.6 Å². The van der Waals surface area contributed by atoms with Crippen LogP contribution >= 0.6 is 11.6 Å². The first-order valence-corrected chi connectivity index (χ1v) is 10.4. The molecule has 1 aliphatic heterocycles. The molecule has 1 aromatic heterocycles. The standard InChI is InChI=1S/C23H21ClN6O2/c24-17-9-10-20(27-14-17)30-22(32)18-3-1-2-4-19(18)29-21(31)16-7-5-15(6-8-16)13-28-23-25-11-12-26-23/h1-10,14H,11-13H2,(H,29,31)(H2,25,26,28)(H,27,30,32). The number of benzene rings is 2. The first-order valence-electron chi connectivity index (χ1n) is 10.0. The van der Waals surface area contributed by atoms with Gasteiger partial charge < -0.3 is 21.3 Å². The van der Waals surface area contributed by atoms with Gasteiger partial charge in [0, 0.05) is 24.8 Å². The summed E-state index contributed by atoms with van der Waals surface area (Å²) < 4.78 is 0. The van der Waals surface area contributed by atoms with E-state index >= 15 is 0 Å². The Morgan fingerprint density at radius 2 is 1.78 bits per heavy atom. The molecule has 2 amide bonds. The summed E-state index contributed by atoms with van der Waals surface area (Å²) in [4.78, 5) is 33.8. The number of carbonyl (C=O) groups is 2. The second-order valence-corrected chi connectivity index (χ2v) is 7.46. The molecule has 162 valence electrons. The third-order valence-corrected chi connectivity index (χ3v) is 4.96. The smallest absolute Gasteiger partial charge is 0.258 e. The number of carbonyl (C=O) groups excluding carboxylic acids is 2. The first-order chi connectivity index (χ1) is 15.6. The van der Waals surface area contributed by atoms with Crippen LogP contribution in [0.15, 0.2) is 71.9 Å². The Balaban J connectivity index is 1.40. The predicted molar refractivity (Wildman–Crippen MR) is 125 cm³/mol. The molecule has 0 aliphatic carbocycles. The van der Waals surface area contributed by atoms with Crippen LogP contribution in [0.4, 0.5) is 11.5 Å². The minimum atomic E-state index is -0.388. The van der Waals surface area contributed by atoms with Crippen molar-refractivity contribution in [3.8, 4) is 0 Å². The SMILES string of the molecule is O=C(Nc1ccccc1C(=O)Nc1ccc(Cl)cn1)c1ccc(CNC2=NCCN2)cc1. The van der Waals surface area contributed by atoms with Crippen molar-refractivity contribution in [1.82, 2.24) is 15.6 Å². The lowest BCUT2D eigenvalue weighted by Gasteiger charge is -2.12. The number of nitrogens with zero attached hydrogens (tertiary/aromatic N) is 2. The van der Waals surface area contributed by atoms with E-state index in [4.69, 9.17) is 11.6 Å². The van der Waals surface area contributed by atoms with Gasteiger partial charge >= 0.3 is 0 Å². The van der Waals surface area contributed by atoms with Crippen molar-refractivity contribution in [1.29, 1.82) is 0 Å². The van der Waals surface area contributed by atoms with Gasteiger partial charge in [0.15, 0.2) is 5.96 Å². The molecule has 2 aromatic carbocycles. The Kier molecular flexibility index (Phi) is 6.62. The molecule has 0 fully saturated rings. The van der Waals surface area contributed by atoms with Crippen LogP contribution in [-0.2, 0) is 6.54 Å². The van der Waals surface area contributed by atoms with Crippen LogP contribution in [0.5, 0.6) is 0 Å². The van der Waals surface area contributed by atoms with Gasteiger partial charge in [0.2, 0.25) is 0 Å². The van der Waals surface area contributed by atoms with Crippen LogP contribution in [-0.4, -0.2) is 35.8 Å². The number of aliphatic imine (C=N–C) groups is 1. The van der Waals surface area contributed by atoms with Crippen LogP contribution in [0.1, 0.15) is 26.3 Å². The largest absolute Gasteiger partial charge is 0.355 e. The van der Waals surface area contributed by atoms with E-state index in [1.165, 1.54) is 6.20 Å². The molecule has 0 saturated carbocycles. The minimum Gasteiger partial charge on any atom is -0.355 e. The van der Waals surface area contributed by atoms with E-state index in [2.05, 4.69) is 31.2 Å². The van der Waals surface area contributed by atoms with E-state index < -0.39 is 0 Å². The molecule has 3 aromatic rings. The molecule has 8 nitrogen and oxygen atoms in total. The van der Waals surface area contributed by atoms with Gasteiger partial charge in [-0.25, -0.2) is 4.98 Å². The number of amides is 2. The molecule has 0 spiro atoms. The quantitative estimate of drug-likeness (QED) is 0.463. The molecular weight excluding hydrogens is 428 g/mol. The van der Waals surface area contributed by atoms with E-state index in [0.717, 1.165) is 24.6 Å². The minimum absolute atomic E-state index is 0.309. The summed E-state index contributed by atoms with van der Waals surface area (Å²) in [6.07, 6.45) is 1.45. The summed E-state index contributed by atoms with van der Waals surface area (Å²) in [5.74, 6) is 0.454. The van der Waals surface area contributed by atoms with Gasteiger partial charge in [-0.1, -0.05) is 35.9 Å². The number of pyridine rings is 1. The van der Waals surface area contributed by atoms with Crippen LogP contribution in [0.25, 0.3) is 0 Å². The highest BCUT2D eigenvalue weighted by molar-refractivity contribution is 6.30. The predicted octanol–water partition coefficient (Wildman–Crippen LogP) is 3.29. The van der Waals surface area contributed by atoms with Crippen molar-refractivity contribution in [2.45, 2.75) is 6.54 Å². The summed E-state index contributed by atoms with van der Waals surface area (Å²) in [7, 11) is 0. The highest BCUT2D eigenvalue weighted by atomic mass is 35.5. The lowest BCUT2D eigenvalue weighted by atomic mass is 10.1. The number of halogens is 1. The van der Waals surface area contributed by atoms with E-state index in [9.17, 15) is 9.59 Å². The second kappa shape index (κ2) is 9.93. The zero-order chi connectivity index (χ0) is 22.3. The Labute approximate surface area is 190 Å². The summed E-state index contributed by atoms with van der Waals surface area (Å²) in [5, 5.41) is 12.3. The fourth-order valence-electron chi connectivity index (χ4n) is 3.09. The van der Waals surface area contributed by atoms with Crippen molar-refractivity contribution in [2.24, 2.45) is 4.99 Å². The fraction of sp³-hybridized carbons (Fsp3) is 0.130. The lowest BCUT2D eigenvalue weighted by molar-refractivity contribution is 0.102. The van der Waals surface area contributed by atoms with Crippen molar-refractivity contribution in [3.63, 3.8) is 0 Å². The van der Waals surface area contributed by atoms with Gasteiger partial charge in [-0.05, 0) is 42.0 Å². The Morgan fingerprint density at radius 1 is 0.969 bits per heavy atom. The van der Waals surface area contributed by atoms with Crippen molar-refractivity contribution >= 4 is 40.9 Å². The highest BCUT2D eigenvalue weighted by Crippen LogP contribution is 2.19. The number of nitrogens with one attached hydrogen (secondary N) is 4. The number of aromatic nitrogens is 1. The Morgan fingerprint density at radius 3 is 2.50 bits per heavy atom. The monoisotopic (exact) mass is 448 g/mol. The molecule has 0 saturated heterocycles. The van der Waals surface area contributed by atoms with E-state index in [1.807, 2.05) is 12.1 Å². The molecule has 0 unspecified atom stereocenters. The maximum atomic E-state index is 12.7. The van der Waals surface area contributed by atoms with Crippen LogP contribution in [0, 0.1) is 0 Å². The lowest BCUT2D eigenvalue weighted by Crippen LogP contribution is -2.33. The molecule has 9 heteroatoms. The average molecular weight is 449 g/mol. The third kappa shape index (κ3) is 5.41. The topological polar surface area (TPSA) is 108 Å². The van der Waals surface area contributed by atoms with Gasteiger partial charge in [0.05, 0.1) is 22.8 Å². The molecule has 0 atom stereocenters. The Hall–Kier alpha value is -3.91. The summed E-state index contributed by atoms with van der Waals surface area (Å²) in [5.41, 5.74) is 2.23. The molecule has 32 heavy (non-hydrogen) atoms. The van der Waals surface area contributed by atoms with Gasteiger partial charge in [-0.15, -0.1) is 0 Å². The number of para-hydroxylation sites is 1. The summed E-state index contributed by atoms with van der Waals surface area (Å²) in [6.45, 7) is 2.23. The van der Waals surface area contributed by atoms with Gasteiger partial charge in [-0.3, -0.25) is 14.6 Å². The highest BCUT2D eigenvalue weighted by Gasteiger charge is 2.15. The number of guanidine groups is 1. The van der Waals surface area contributed by atoms with Crippen LogP contribution < -0.4 is 21.3 Å². The van der Waals surface area contributed by atoms with Gasteiger partial charge in [0.25, 0.3) is 11.8 Å². The van der Waals surface area contributed by atoms with E-state index in [0.29, 0.717) is 34.2 Å². The van der Waals surface area contributed by atoms with Gasteiger partial charge in [-0.2, -0.15) is 0 Å². The number of hydrogen-bond donors (Lipinski definition) is 4. The maximum Gasteiger partial charge on any atom is 0.258 e. The maximum absolute atomic E-state index is 12.7. The second-order valence-electron chi connectivity index (χ2n) is 7.02. The molecule has 0 radical (unpaired) electrons. The van der Waals surface area contributed by atoms with Crippen molar-refractivity contribution < 1.29 is 9.59 Å². The van der Waals surface area contributed by atoms with Crippen LogP contribution in [0.3, 0.4) is 0 Å². The number of rotatable bonds is 6. The van der Waals surface area contributed by atoms with E-state index in [-0.39, 0.29) is 11.8 Å². The number of anilines is 2. The zero-order valence-corrected chi connectivity index (χ0v) is 17.8. The molecule has 4 rings (SSSR count). The normalized spacial score (nSPS) is 12.5. The molecular formula is C23H21ClN6O2. The number of hydrogen-bond acceptors (Lipinski definition) is 6. The fourth-order valence-corrected chi connectivity index (χ4v) is 3.21. The third-order valence-electron chi connectivity index (χ3n) is 4.74. The molecule has 0 bridgehead atoms. The zero-order valence-electron chi connectivity index (χ0n) is 17.1. The molecule has 4 N–H and O–H groups in total. The first kappa shape index (κ1) is 21.3. The Bertz CT molecular complexity index is 1150. The van der Waals surface area contributed by atoms with Crippen LogP contribution in [0.2, 0.25) is 5.02 Å². The van der Waals surface area contributed by atoms with E-state index in [1.54, 1.807) is 48.5 Å². The molecule has 1 aliphatic rings.